The standard InChI is InChI=1S/C19H19FN4O/c20-16-3-1-14(2-4-16)12-24-9-10-25-13-18(24)19-22-11-17(23-19)15-5-7-21-8-6-15/h1-8,11,18H,9-10,12-13H2,(H,22,23)/t18-/m0/s1. The van der Waals surface area contributed by atoms with Crippen LogP contribution >= 0.6 is 0 Å². The van der Waals surface area contributed by atoms with Crippen molar-refractivity contribution in [1.82, 2.24) is 19.9 Å². The molecule has 1 aromatic carbocycles. The zero-order chi connectivity index (χ0) is 17.1. The molecule has 0 radical (unpaired) electrons. The quantitative estimate of drug-likeness (QED) is 0.794. The lowest BCUT2D eigenvalue weighted by atomic mass is 10.1. The third-order valence-corrected chi connectivity index (χ3v) is 4.44. The summed E-state index contributed by atoms with van der Waals surface area (Å²) in [4.78, 5) is 14.3. The molecule has 1 aliphatic heterocycles. The van der Waals surface area contributed by atoms with Gasteiger partial charge in [0, 0.05) is 31.0 Å². The first kappa shape index (κ1) is 15.9. The van der Waals surface area contributed by atoms with Gasteiger partial charge in [-0.25, -0.2) is 9.37 Å². The molecule has 0 saturated carbocycles. The molecule has 3 heterocycles. The predicted octanol–water partition coefficient (Wildman–Crippen LogP) is 3.18. The third kappa shape index (κ3) is 3.60. The lowest BCUT2D eigenvalue weighted by molar-refractivity contribution is -0.0156. The first-order valence-corrected chi connectivity index (χ1v) is 8.31. The minimum Gasteiger partial charge on any atom is -0.378 e. The molecule has 1 atom stereocenters. The molecule has 3 aromatic rings. The number of rotatable bonds is 4. The summed E-state index contributed by atoms with van der Waals surface area (Å²) in [7, 11) is 0. The van der Waals surface area contributed by atoms with Gasteiger partial charge in [-0.1, -0.05) is 12.1 Å². The van der Waals surface area contributed by atoms with Gasteiger partial charge in [0.2, 0.25) is 0 Å². The van der Waals surface area contributed by atoms with Gasteiger partial charge in [0.15, 0.2) is 0 Å². The average molecular weight is 338 g/mol. The highest BCUT2D eigenvalue weighted by molar-refractivity contribution is 5.57. The van der Waals surface area contributed by atoms with Crippen molar-refractivity contribution in [3.8, 4) is 11.3 Å². The Labute approximate surface area is 145 Å². The van der Waals surface area contributed by atoms with Crippen LogP contribution in [0.3, 0.4) is 0 Å². The highest BCUT2D eigenvalue weighted by atomic mass is 19.1. The largest absolute Gasteiger partial charge is 0.378 e. The molecule has 6 heteroatoms. The minimum atomic E-state index is -0.213. The number of hydrogen-bond acceptors (Lipinski definition) is 4. The number of imidazole rings is 1. The summed E-state index contributed by atoms with van der Waals surface area (Å²) in [6.45, 7) is 2.83. The number of ether oxygens (including phenoxy) is 1. The van der Waals surface area contributed by atoms with E-state index in [2.05, 4.69) is 19.9 Å². The summed E-state index contributed by atoms with van der Waals surface area (Å²) in [5.74, 6) is 0.670. The Morgan fingerprint density at radius 2 is 1.96 bits per heavy atom. The van der Waals surface area contributed by atoms with E-state index in [0.717, 1.165) is 35.7 Å². The number of nitrogens with zero attached hydrogens (tertiary/aromatic N) is 3. The molecule has 1 saturated heterocycles. The highest BCUT2D eigenvalue weighted by Gasteiger charge is 2.27. The van der Waals surface area contributed by atoms with Gasteiger partial charge in [-0.15, -0.1) is 0 Å². The summed E-state index contributed by atoms with van der Waals surface area (Å²) >= 11 is 0. The zero-order valence-corrected chi connectivity index (χ0v) is 13.7. The SMILES string of the molecule is Fc1ccc(CN2CCOC[C@H]2c2ncc(-c3ccncc3)[nH]2)cc1. The highest BCUT2D eigenvalue weighted by Crippen LogP contribution is 2.26. The predicted molar refractivity (Wildman–Crippen MR) is 92.2 cm³/mol. The number of halogens is 1. The Morgan fingerprint density at radius 3 is 2.76 bits per heavy atom. The fourth-order valence-corrected chi connectivity index (χ4v) is 3.09. The number of hydrogen-bond donors (Lipinski definition) is 1. The molecule has 0 amide bonds. The second kappa shape index (κ2) is 7.13. The molecule has 25 heavy (non-hydrogen) atoms. The van der Waals surface area contributed by atoms with Crippen molar-refractivity contribution < 1.29 is 9.13 Å². The molecule has 1 fully saturated rings. The van der Waals surface area contributed by atoms with Crippen molar-refractivity contribution in [3.05, 3.63) is 72.2 Å². The molecule has 128 valence electrons. The van der Waals surface area contributed by atoms with Crippen molar-refractivity contribution in [3.63, 3.8) is 0 Å². The monoisotopic (exact) mass is 338 g/mol. The van der Waals surface area contributed by atoms with Crippen LogP contribution in [0.25, 0.3) is 11.3 Å². The smallest absolute Gasteiger partial charge is 0.126 e. The number of benzene rings is 1. The van der Waals surface area contributed by atoms with Gasteiger partial charge in [-0.3, -0.25) is 9.88 Å². The van der Waals surface area contributed by atoms with E-state index in [-0.39, 0.29) is 11.9 Å². The molecule has 2 aromatic heterocycles. The van der Waals surface area contributed by atoms with Gasteiger partial charge >= 0.3 is 0 Å². The molecule has 0 spiro atoms. The van der Waals surface area contributed by atoms with E-state index < -0.39 is 0 Å². The van der Waals surface area contributed by atoms with E-state index in [0.29, 0.717) is 13.2 Å². The molecular weight excluding hydrogens is 319 g/mol. The minimum absolute atomic E-state index is 0.0504. The second-order valence-corrected chi connectivity index (χ2v) is 6.11. The van der Waals surface area contributed by atoms with Gasteiger partial charge in [0.05, 0.1) is 31.1 Å². The maximum Gasteiger partial charge on any atom is 0.126 e. The molecule has 1 aliphatic rings. The van der Waals surface area contributed by atoms with Crippen LogP contribution in [0.15, 0.2) is 55.0 Å². The number of morpholine rings is 1. The maximum atomic E-state index is 13.1. The van der Waals surface area contributed by atoms with Gasteiger partial charge in [0.1, 0.15) is 11.6 Å². The first-order chi connectivity index (χ1) is 12.3. The average Bonchev–Trinajstić information content (AvgIpc) is 3.15. The molecule has 4 rings (SSSR count). The fourth-order valence-electron chi connectivity index (χ4n) is 3.09. The second-order valence-electron chi connectivity index (χ2n) is 6.11. The van der Waals surface area contributed by atoms with Gasteiger partial charge < -0.3 is 9.72 Å². The van der Waals surface area contributed by atoms with Gasteiger partial charge in [-0.05, 0) is 29.8 Å². The van der Waals surface area contributed by atoms with E-state index in [1.807, 2.05) is 30.5 Å². The van der Waals surface area contributed by atoms with Crippen LogP contribution in [0.1, 0.15) is 17.4 Å². The van der Waals surface area contributed by atoms with Crippen molar-refractivity contribution in [2.75, 3.05) is 19.8 Å². The number of H-pyrrole nitrogens is 1. The van der Waals surface area contributed by atoms with E-state index in [1.54, 1.807) is 12.4 Å². The van der Waals surface area contributed by atoms with Gasteiger partial charge in [-0.2, -0.15) is 0 Å². The molecule has 1 N–H and O–H groups in total. The van der Waals surface area contributed by atoms with Crippen LogP contribution in [-0.4, -0.2) is 39.6 Å². The van der Waals surface area contributed by atoms with Crippen molar-refractivity contribution in [2.24, 2.45) is 0 Å². The van der Waals surface area contributed by atoms with Crippen LogP contribution in [0.2, 0.25) is 0 Å². The number of aromatic nitrogens is 3. The van der Waals surface area contributed by atoms with Crippen LogP contribution in [-0.2, 0) is 11.3 Å². The van der Waals surface area contributed by atoms with Crippen LogP contribution in [0.5, 0.6) is 0 Å². The fraction of sp³-hybridized carbons (Fsp3) is 0.263. The summed E-state index contributed by atoms with van der Waals surface area (Å²) in [6, 6.07) is 10.6. The number of pyridine rings is 1. The Kier molecular flexibility index (Phi) is 4.54. The maximum absolute atomic E-state index is 13.1. The van der Waals surface area contributed by atoms with Crippen molar-refractivity contribution in [2.45, 2.75) is 12.6 Å². The summed E-state index contributed by atoms with van der Waals surface area (Å²) in [5, 5.41) is 0. The van der Waals surface area contributed by atoms with Crippen LogP contribution in [0, 0.1) is 5.82 Å². The summed E-state index contributed by atoms with van der Waals surface area (Å²) < 4.78 is 18.8. The lowest BCUT2D eigenvalue weighted by Gasteiger charge is -2.34. The molecule has 0 unspecified atom stereocenters. The van der Waals surface area contributed by atoms with E-state index in [1.165, 1.54) is 12.1 Å². The van der Waals surface area contributed by atoms with Crippen LogP contribution in [0.4, 0.5) is 4.39 Å². The first-order valence-electron chi connectivity index (χ1n) is 8.31. The summed E-state index contributed by atoms with van der Waals surface area (Å²) in [6.07, 6.45) is 5.37. The van der Waals surface area contributed by atoms with Gasteiger partial charge in [0.25, 0.3) is 0 Å². The number of aromatic amines is 1. The molecular formula is C19H19FN4O. The summed E-state index contributed by atoms with van der Waals surface area (Å²) in [5.41, 5.74) is 3.09. The van der Waals surface area contributed by atoms with E-state index in [9.17, 15) is 4.39 Å². The topological polar surface area (TPSA) is 54.0 Å². The normalized spacial score (nSPS) is 18.4. The van der Waals surface area contributed by atoms with E-state index in [4.69, 9.17) is 4.74 Å². The van der Waals surface area contributed by atoms with Crippen molar-refractivity contribution >= 4 is 0 Å². The Hall–Kier alpha value is -2.57. The van der Waals surface area contributed by atoms with E-state index >= 15 is 0 Å². The molecule has 0 aliphatic carbocycles. The lowest BCUT2D eigenvalue weighted by Crippen LogP contribution is -2.39. The number of nitrogens with one attached hydrogen (secondary N) is 1. The molecule has 5 nitrogen and oxygen atoms in total. The Bertz CT molecular complexity index is 819. The zero-order valence-electron chi connectivity index (χ0n) is 13.7. The van der Waals surface area contributed by atoms with Crippen molar-refractivity contribution in [1.29, 1.82) is 0 Å². The Morgan fingerprint density at radius 1 is 1.16 bits per heavy atom. The Balaban J connectivity index is 1.55. The van der Waals surface area contributed by atoms with Crippen LogP contribution < -0.4 is 0 Å². The molecule has 0 bridgehead atoms. The third-order valence-electron chi connectivity index (χ3n) is 4.44.